The zero-order chi connectivity index (χ0) is 11.0. The van der Waals surface area contributed by atoms with Gasteiger partial charge in [0.05, 0.1) is 0 Å². The molecule has 2 nitrogen and oxygen atoms in total. The lowest BCUT2D eigenvalue weighted by atomic mass is 10.1. The predicted molar refractivity (Wildman–Crippen MR) is 66.3 cm³/mol. The molecule has 1 aliphatic rings. The third-order valence-electron chi connectivity index (χ3n) is 2.65. The summed E-state index contributed by atoms with van der Waals surface area (Å²) in [6.45, 7) is 0. The lowest BCUT2D eigenvalue weighted by Crippen LogP contribution is -2.36. The van der Waals surface area contributed by atoms with Gasteiger partial charge in [0.25, 0.3) is 0 Å². The smallest absolute Gasteiger partial charge is 0.242 e. The Balaban J connectivity index is 2.49. The average Bonchev–Trinajstić information content (AvgIpc) is 2.32. The molecule has 0 saturated heterocycles. The zero-order valence-electron chi connectivity index (χ0n) is 8.28. The summed E-state index contributed by atoms with van der Waals surface area (Å²) in [5, 5.41) is 0. The van der Waals surface area contributed by atoms with Crippen LogP contribution >= 0.6 is 22.6 Å². The van der Waals surface area contributed by atoms with Gasteiger partial charge in [-0.2, -0.15) is 0 Å². The molecule has 0 aromatic heterocycles. The van der Waals surface area contributed by atoms with Crippen LogP contribution < -0.4 is 4.90 Å². The van der Waals surface area contributed by atoms with Crippen LogP contribution in [0, 0.1) is 0 Å². The van der Waals surface area contributed by atoms with Gasteiger partial charge in [-0.15, -0.1) is 0 Å². The molecular formula is C11H11FINO. The number of alkyl halides is 2. The fraction of sp³-hybridized carbons (Fsp3) is 0.364. The topological polar surface area (TPSA) is 20.3 Å². The maximum absolute atomic E-state index is 13.7. The van der Waals surface area contributed by atoms with Gasteiger partial charge in [-0.25, -0.2) is 4.39 Å². The van der Waals surface area contributed by atoms with Crippen LogP contribution in [-0.4, -0.2) is 23.1 Å². The second-order valence-corrected chi connectivity index (χ2v) is 4.99. The quantitative estimate of drug-likeness (QED) is 0.531. The van der Waals surface area contributed by atoms with E-state index in [4.69, 9.17) is 0 Å². The predicted octanol–water partition coefficient (Wildman–Crippen LogP) is 2.35. The molecule has 1 aromatic rings. The molecule has 15 heavy (non-hydrogen) atoms. The molecule has 1 heterocycles. The molecule has 1 aliphatic heterocycles. The molecule has 0 spiro atoms. The first-order valence-electron chi connectivity index (χ1n) is 4.75. The fourth-order valence-electron chi connectivity index (χ4n) is 1.78. The van der Waals surface area contributed by atoms with E-state index < -0.39 is 10.1 Å². The van der Waals surface area contributed by atoms with Crippen LogP contribution in [0.1, 0.15) is 5.56 Å². The van der Waals surface area contributed by atoms with E-state index in [0.717, 1.165) is 11.3 Å². The van der Waals surface area contributed by atoms with Crippen molar-refractivity contribution in [2.24, 2.45) is 0 Å². The van der Waals surface area contributed by atoms with E-state index in [9.17, 15) is 9.18 Å². The molecule has 0 saturated carbocycles. The van der Waals surface area contributed by atoms with E-state index in [1.807, 2.05) is 46.9 Å². The van der Waals surface area contributed by atoms with E-state index in [-0.39, 0.29) is 5.91 Å². The number of anilines is 1. The van der Waals surface area contributed by atoms with E-state index in [0.29, 0.717) is 6.42 Å². The molecule has 0 bridgehead atoms. The summed E-state index contributed by atoms with van der Waals surface area (Å²) in [6.07, 6.45) is -0.774. The minimum atomic E-state index is -1.09. The second kappa shape index (κ2) is 4.08. The highest BCUT2D eigenvalue weighted by Crippen LogP contribution is 2.29. The number of carbonyl (C=O) groups excluding carboxylic acids is 1. The summed E-state index contributed by atoms with van der Waals surface area (Å²) >= 11 is 1.88. The Kier molecular flexibility index (Phi) is 2.95. The molecule has 2 rings (SSSR count). The Morgan fingerprint density at radius 1 is 1.47 bits per heavy atom. The van der Waals surface area contributed by atoms with Crippen molar-refractivity contribution in [3.8, 4) is 0 Å². The number of nitrogens with zero attached hydrogens (tertiary/aromatic N) is 1. The van der Waals surface area contributed by atoms with Gasteiger partial charge in [-0.05, 0) is 11.6 Å². The number of hydrogen-bond acceptors (Lipinski definition) is 1. The SMILES string of the molecule is CN1C(=O)C(I)C(F)Cc2ccccc21. The molecular weight excluding hydrogens is 308 g/mol. The highest BCUT2D eigenvalue weighted by atomic mass is 127. The lowest BCUT2D eigenvalue weighted by Gasteiger charge is -2.18. The standard InChI is InChI=1S/C11H11FINO/c1-14-9-5-3-2-4-7(9)6-8(12)10(13)11(14)15/h2-5,8,10H,6H2,1H3. The van der Waals surface area contributed by atoms with Crippen LogP contribution in [-0.2, 0) is 11.2 Å². The van der Waals surface area contributed by atoms with Crippen LogP contribution in [0.3, 0.4) is 0 Å². The van der Waals surface area contributed by atoms with Crippen LogP contribution in [0.15, 0.2) is 24.3 Å². The van der Waals surface area contributed by atoms with Crippen molar-refractivity contribution in [1.29, 1.82) is 0 Å². The third kappa shape index (κ3) is 1.87. The second-order valence-electron chi connectivity index (χ2n) is 3.65. The first-order chi connectivity index (χ1) is 7.11. The molecule has 0 N–H and O–H groups in total. The van der Waals surface area contributed by atoms with Gasteiger partial charge in [0, 0.05) is 19.2 Å². The molecule has 2 atom stereocenters. The number of fused-ring (bicyclic) bond motifs is 1. The maximum atomic E-state index is 13.7. The molecule has 4 heteroatoms. The highest BCUT2D eigenvalue weighted by molar-refractivity contribution is 14.1. The number of benzene rings is 1. The monoisotopic (exact) mass is 319 g/mol. The minimum Gasteiger partial charge on any atom is -0.314 e. The Hall–Kier alpha value is -0.650. The molecule has 0 radical (unpaired) electrons. The normalized spacial score (nSPS) is 26.1. The zero-order valence-corrected chi connectivity index (χ0v) is 10.4. The lowest BCUT2D eigenvalue weighted by molar-refractivity contribution is -0.118. The Morgan fingerprint density at radius 2 is 2.13 bits per heavy atom. The average molecular weight is 319 g/mol. The summed E-state index contributed by atoms with van der Waals surface area (Å²) in [6, 6.07) is 7.47. The van der Waals surface area contributed by atoms with Gasteiger partial charge in [-0.1, -0.05) is 40.8 Å². The summed E-state index contributed by atoms with van der Waals surface area (Å²) in [5.74, 6) is -0.159. The molecule has 1 amide bonds. The summed E-state index contributed by atoms with van der Waals surface area (Å²) in [4.78, 5) is 13.3. The number of carbonyl (C=O) groups is 1. The van der Waals surface area contributed by atoms with Crippen molar-refractivity contribution < 1.29 is 9.18 Å². The molecule has 80 valence electrons. The van der Waals surface area contributed by atoms with E-state index >= 15 is 0 Å². The largest absolute Gasteiger partial charge is 0.314 e. The van der Waals surface area contributed by atoms with Crippen molar-refractivity contribution in [2.45, 2.75) is 16.5 Å². The van der Waals surface area contributed by atoms with Gasteiger partial charge >= 0.3 is 0 Å². The number of halogens is 2. The maximum Gasteiger partial charge on any atom is 0.242 e. The van der Waals surface area contributed by atoms with Crippen LogP contribution in [0.5, 0.6) is 0 Å². The van der Waals surface area contributed by atoms with Gasteiger partial charge in [0.15, 0.2) is 0 Å². The van der Waals surface area contributed by atoms with Crippen LogP contribution in [0.4, 0.5) is 10.1 Å². The van der Waals surface area contributed by atoms with Crippen molar-refractivity contribution in [2.75, 3.05) is 11.9 Å². The van der Waals surface area contributed by atoms with Crippen molar-refractivity contribution >= 4 is 34.2 Å². The highest BCUT2D eigenvalue weighted by Gasteiger charge is 2.33. The van der Waals surface area contributed by atoms with Gasteiger partial charge in [-0.3, -0.25) is 4.79 Å². The summed E-state index contributed by atoms with van der Waals surface area (Å²) < 4.78 is 13.1. The molecule has 2 unspecified atom stereocenters. The Bertz CT molecular complexity index is 396. The molecule has 0 fully saturated rings. The van der Waals surface area contributed by atoms with Crippen LogP contribution in [0.2, 0.25) is 0 Å². The Morgan fingerprint density at radius 3 is 2.87 bits per heavy atom. The summed E-state index contributed by atoms with van der Waals surface area (Å²) in [5.41, 5.74) is 1.73. The van der Waals surface area contributed by atoms with Gasteiger partial charge < -0.3 is 4.90 Å². The first-order valence-corrected chi connectivity index (χ1v) is 5.99. The first kappa shape index (κ1) is 10.9. The van der Waals surface area contributed by atoms with Crippen molar-refractivity contribution in [1.82, 2.24) is 0 Å². The third-order valence-corrected chi connectivity index (χ3v) is 3.97. The molecule has 1 aromatic carbocycles. The number of para-hydroxylation sites is 1. The number of amides is 1. The number of rotatable bonds is 0. The molecule has 0 aliphatic carbocycles. The minimum absolute atomic E-state index is 0.159. The van der Waals surface area contributed by atoms with Crippen LogP contribution in [0.25, 0.3) is 0 Å². The summed E-state index contributed by atoms with van der Waals surface area (Å²) in [7, 11) is 1.70. The van der Waals surface area contributed by atoms with E-state index in [2.05, 4.69) is 0 Å². The van der Waals surface area contributed by atoms with E-state index in [1.54, 1.807) is 11.9 Å². The fourth-order valence-corrected chi connectivity index (χ4v) is 2.45. The van der Waals surface area contributed by atoms with Crippen molar-refractivity contribution in [3.05, 3.63) is 29.8 Å². The van der Waals surface area contributed by atoms with Gasteiger partial charge in [0.1, 0.15) is 10.1 Å². The Labute approximate surface area is 102 Å². The van der Waals surface area contributed by atoms with E-state index in [1.165, 1.54) is 0 Å². The van der Waals surface area contributed by atoms with Crippen molar-refractivity contribution in [3.63, 3.8) is 0 Å². The van der Waals surface area contributed by atoms with Gasteiger partial charge in [0.2, 0.25) is 5.91 Å². The number of hydrogen-bond donors (Lipinski definition) is 0.